The zero-order valence-corrected chi connectivity index (χ0v) is 14.8. The van der Waals surface area contributed by atoms with Crippen molar-refractivity contribution in [1.29, 1.82) is 0 Å². The predicted molar refractivity (Wildman–Crippen MR) is 105 cm³/mol. The first kappa shape index (κ1) is 16.4. The maximum absolute atomic E-state index is 5.41. The molecule has 1 aliphatic rings. The molecule has 0 bridgehead atoms. The molecule has 3 aromatic rings. The summed E-state index contributed by atoms with van der Waals surface area (Å²) in [7, 11) is 1.68. The van der Waals surface area contributed by atoms with Gasteiger partial charge in [0.05, 0.1) is 18.7 Å². The highest BCUT2D eigenvalue weighted by atomic mass is 16.5. The predicted octanol–water partition coefficient (Wildman–Crippen LogP) is 4.33. The van der Waals surface area contributed by atoms with Crippen molar-refractivity contribution in [1.82, 2.24) is 5.32 Å². The van der Waals surface area contributed by atoms with Gasteiger partial charge in [0.15, 0.2) is 0 Å². The number of nitrogens with one attached hydrogen (secondary N) is 1. The van der Waals surface area contributed by atoms with Crippen LogP contribution < -0.4 is 10.1 Å². The molecule has 0 amide bonds. The Morgan fingerprint density at radius 1 is 0.808 bits per heavy atom. The third kappa shape index (κ3) is 3.22. The first-order valence-corrected chi connectivity index (χ1v) is 8.92. The van der Waals surface area contributed by atoms with Gasteiger partial charge in [-0.15, -0.1) is 0 Å². The number of rotatable bonds is 2. The number of methoxy groups -OCH3 is 1. The zero-order valence-electron chi connectivity index (χ0n) is 14.8. The summed E-state index contributed by atoms with van der Waals surface area (Å²) in [6.45, 7) is 0.982. The fraction of sp³-hybridized carbons (Fsp3) is 0.167. The second-order valence-corrected chi connectivity index (χ2v) is 6.37. The Labute approximate surface area is 154 Å². The Bertz CT molecular complexity index is 980. The topological polar surface area (TPSA) is 21.3 Å². The van der Waals surface area contributed by atoms with Crippen molar-refractivity contribution in [3.05, 3.63) is 101 Å². The first-order chi connectivity index (χ1) is 12.9. The standard InChI is InChI=1S/C24H21NO/c1-26-23-13-7-4-10-20(23)15-14-18-8-2-5-11-21(18)24-22-12-6-3-9-19(22)16-17-25-24/h2-13,24-25H,16-17H2,1H3. The van der Waals surface area contributed by atoms with Crippen molar-refractivity contribution >= 4 is 0 Å². The number of ether oxygens (including phenoxy) is 1. The summed E-state index contributed by atoms with van der Waals surface area (Å²) < 4.78 is 5.41. The number of para-hydroxylation sites is 1. The van der Waals surface area contributed by atoms with Gasteiger partial charge in [-0.05, 0) is 41.3 Å². The van der Waals surface area contributed by atoms with Crippen molar-refractivity contribution in [2.75, 3.05) is 13.7 Å². The van der Waals surface area contributed by atoms with E-state index in [1.165, 1.54) is 16.7 Å². The average Bonchev–Trinajstić information content (AvgIpc) is 2.72. The lowest BCUT2D eigenvalue weighted by atomic mass is 9.88. The van der Waals surface area contributed by atoms with Gasteiger partial charge in [0.2, 0.25) is 0 Å². The van der Waals surface area contributed by atoms with Crippen molar-refractivity contribution in [3.8, 4) is 17.6 Å². The molecular weight excluding hydrogens is 318 g/mol. The van der Waals surface area contributed by atoms with E-state index in [1.54, 1.807) is 7.11 Å². The van der Waals surface area contributed by atoms with Crippen LogP contribution in [-0.4, -0.2) is 13.7 Å². The van der Waals surface area contributed by atoms with Crippen LogP contribution in [-0.2, 0) is 6.42 Å². The van der Waals surface area contributed by atoms with Crippen LogP contribution in [0, 0.1) is 11.8 Å². The Kier molecular flexibility index (Phi) is 4.73. The van der Waals surface area contributed by atoms with Gasteiger partial charge >= 0.3 is 0 Å². The van der Waals surface area contributed by atoms with Gasteiger partial charge in [0.25, 0.3) is 0 Å². The molecular formula is C24H21NO. The van der Waals surface area contributed by atoms with Crippen LogP contribution in [0.15, 0.2) is 72.8 Å². The molecule has 26 heavy (non-hydrogen) atoms. The molecule has 0 spiro atoms. The largest absolute Gasteiger partial charge is 0.495 e. The Balaban J connectivity index is 1.75. The summed E-state index contributed by atoms with van der Waals surface area (Å²) in [5, 5.41) is 3.66. The summed E-state index contributed by atoms with van der Waals surface area (Å²) in [5.41, 5.74) is 5.95. The summed E-state index contributed by atoms with van der Waals surface area (Å²) in [6.07, 6.45) is 1.07. The Morgan fingerprint density at radius 2 is 1.46 bits per heavy atom. The molecule has 1 aliphatic heterocycles. The molecule has 1 atom stereocenters. The van der Waals surface area contributed by atoms with Crippen LogP contribution in [0.2, 0.25) is 0 Å². The average molecular weight is 339 g/mol. The normalized spacial score (nSPS) is 15.5. The molecule has 1 heterocycles. The smallest absolute Gasteiger partial charge is 0.134 e. The highest BCUT2D eigenvalue weighted by Gasteiger charge is 2.22. The van der Waals surface area contributed by atoms with Crippen molar-refractivity contribution < 1.29 is 4.74 Å². The molecule has 2 nitrogen and oxygen atoms in total. The van der Waals surface area contributed by atoms with Crippen LogP contribution in [0.5, 0.6) is 5.75 Å². The monoisotopic (exact) mass is 339 g/mol. The van der Waals surface area contributed by atoms with Crippen molar-refractivity contribution in [2.45, 2.75) is 12.5 Å². The van der Waals surface area contributed by atoms with E-state index in [-0.39, 0.29) is 6.04 Å². The van der Waals surface area contributed by atoms with Gasteiger partial charge in [0.1, 0.15) is 5.75 Å². The van der Waals surface area contributed by atoms with Crippen LogP contribution in [0.25, 0.3) is 0 Å². The molecule has 0 radical (unpaired) electrons. The van der Waals surface area contributed by atoms with Gasteiger partial charge in [-0.2, -0.15) is 0 Å². The van der Waals surface area contributed by atoms with E-state index in [4.69, 9.17) is 4.74 Å². The molecule has 0 saturated carbocycles. The zero-order chi connectivity index (χ0) is 17.8. The lowest BCUT2D eigenvalue weighted by Crippen LogP contribution is -2.31. The van der Waals surface area contributed by atoms with E-state index in [1.807, 2.05) is 30.3 Å². The number of fused-ring (bicyclic) bond motifs is 1. The minimum Gasteiger partial charge on any atom is -0.495 e. The Morgan fingerprint density at radius 3 is 2.31 bits per heavy atom. The van der Waals surface area contributed by atoms with Gasteiger partial charge in [-0.3, -0.25) is 0 Å². The summed E-state index contributed by atoms with van der Waals surface area (Å²) in [6, 6.07) is 25.1. The van der Waals surface area contributed by atoms with Gasteiger partial charge in [0, 0.05) is 12.1 Å². The molecule has 1 unspecified atom stereocenters. The molecule has 0 aromatic heterocycles. The van der Waals surface area contributed by atoms with Gasteiger partial charge in [-0.25, -0.2) is 0 Å². The second-order valence-electron chi connectivity index (χ2n) is 6.37. The molecule has 2 heteroatoms. The molecule has 0 aliphatic carbocycles. The third-order valence-electron chi connectivity index (χ3n) is 4.82. The second kappa shape index (κ2) is 7.47. The van der Waals surface area contributed by atoms with Crippen molar-refractivity contribution in [2.24, 2.45) is 0 Å². The molecule has 1 N–H and O–H groups in total. The maximum atomic E-state index is 5.41. The van der Waals surface area contributed by atoms with E-state index in [9.17, 15) is 0 Å². The number of benzene rings is 3. The van der Waals surface area contributed by atoms with E-state index in [2.05, 4.69) is 59.6 Å². The minimum atomic E-state index is 0.183. The molecule has 0 fully saturated rings. The number of hydrogen-bond donors (Lipinski definition) is 1. The first-order valence-electron chi connectivity index (χ1n) is 8.92. The maximum Gasteiger partial charge on any atom is 0.134 e. The van der Waals surface area contributed by atoms with Crippen LogP contribution >= 0.6 is 0 Å². The highest BCUT2D eigenvalue weighted by Crippen LogP contribution is 2.30. The minimum absolute atomic E-state index is 0.183. The summed E-state index contributed by atoms with van der Waals surface area (Å²) in [5.74, 6) is 7.45. The SMILES string of the molecule is COc1ccccc1C#Cc1ccccc1C1NCCc2ccccc21. The van der Waals surface area contributed by atoms with Crippen LogP contribution in [0.3, 0.4) is 0 Å². The summed E-state index contributed by atoms with van der Waals surface area (Å²) in [4.78, 5) is 0. The van der Waals surface area contributed by atoms with E-state index in [0.29, 0.717) is 0 Å². The van der Waals surface area contributed by atoms with Gasteiger partial charge < -0.3 is 10.1 Å². The molecule has 0 saturated heterocycles. The van der Waals surface area contributed by atoms with Crippen LogP contribution in [0.4, 0.5) is 0 Å². The van der Waals surface area contributed by atoms with E-state index < -0.39 is 0 Å². The van der Waals surface area contributed by atoms with Crippen LogP contribution in [0.1, 0.15) is 33.9 Å². The highest BCUT2D eigenvalue weighted by molar-refractivity contribution is 5.53. The Hall–Kier alpha value is -3.02. The quantitative estimate of drug-likeness (QED) is 0.702. The van der Waals surface area contributed by atoms with E-state index in [0.717, 1.165) is 29.8 Å². The molecule has 3 aromatic carbocycles. The third-order valence-corrected chi connectivity index (χ3v) is 4.82. The van der Waals surface area contributed by atoms with E-state index >= 15 is 0 Å². The lowest BCUT2D eigenvalue weighted by Gasteiger charge is -2.28. The fourth-order valence-corrected chi connectivity index (χ4v) is 3.53. The van der Waals surface area contributed by atoms with Gasteiger partial charge in [-0.1, -0.05) is 66.4 Å². The summed E-state index contributed by atoms with van der Waals surface area (Å²) >= 11 is 0. The molecule has 128 valence electrons. The fourth-order valence-electron chi connectivity index (χ4n) is 3.53. The number of hydrogen-bond acceptors (Lipinski definition) is 2. The lowest BCUT2D eigenvalue weighted by molar-refractivity contribution is 0.413. The molecule has 4 rings (SSSR count). The van der Waals surface area contributed by atoms with Crippen molar-refractivity contribution in [3.63, 3.8) is 0 Å².